The zero-order valence-electron chi connectivity index (χ0n) is 12.4. The third-order valence-electron chi connectivity index (χ3n) is 3.38. The van der Waals surface area contributed by atoms with Crippen molar-refractivity contribution in [1.29, 1.82) is 0 Å². The molecule has 1 unspecified atom stereocenters. The number of ether oxygens (including phenoxy) is 3. The monoisotopic (exact) mass is 305 g/mol. The molecule has 1 radical (unpaired) electrons. The van der Waals surface area contributed by atoms with Crippen molar-refractivity contribution >= 4 is 11.6 Å². The maximum atomic E-state index is 5.93. The van der Waals surface area contributed by atoms with Crippen LogP contribution in [0, 0.1) is 6.92 Å². The summed E-state index contributed by atoms with van der Waals surface area (Å²) in [5.74, 6) is 1.89. The minimum Gasteiger partial charge on any atom is -0.496 e. The predicted octanol–water partition coefficient (Wildman–Crippen LogP) is 4.33. The van der Waals surface area contributed by atoms with Gasteiger partial charge in [-0.05, 0) is 30.7 Å². The molecule has 21 heavy (non-hydrogen) atoms. The number of hydrogen-bond donors (Lipinski definition) is 0. The summed E-state index contributed by atoms with van der Waals surface area (Å²) >= 11 is 5.93. The first-order valence-electron chi connectivity index (χ1n) is 6.49. The van der Waals surface area contributed by atoms with Gasteiger partial charge in [-0.2, -0.15) is 0 Å². The second-order valence-corrected chi connectivity index (χ2v) is 4.99. The highest BCUT2D eigenvalue weighted by molar-refractivity contribution is 6.30. The Labute approximate surface area is 130 Å². The second kappa shape index (κ2) is 6.72. The van der Waals surface area contributed by atoms with Crippen molar-refractivity contribution in [3.63, 3.8) is 0 Å². The normalized spacial score (nSPS) is 11.9. The molecule has 0 amide bonds. The van der Waals surface area contributed by atoms with Crippen molar-refractivity contribution in [2.24, 2.45) is 0 Å². The Morgan fingerprint density at radius 1 is 0.857 bits per heavy atom. The Bertz CT molecular complexity index is 608. The largest absolute Gasteiger partial charge is 0.496 e. The van der Waals surface area contributed by atoms with Gasteiger partial charge in [0, 0.05) is 22.6 Å². The van der Waals surface area contributed by atoms with Crippen LogP contribution in [-0.2, 0) is 0 Å². The number of rotatable bonds is 5. The van der Waals surface area contributed by atoms with E-state index in [2.05, 4.69) is 6.92 Å². The second-order valence-electron chi connectivity index (χ2n) is 4.55. The Hall–Kier alpha value is -1.87. The summed E-state index contributed by atoms with van der Waals surface area (Å²) in [6.07, 6.45) is 0. The highest BCUT2D eigenvalue weighted by Crippen LogP contribution is 2.40. The Morgan fingerprint density at radius 3 is 1.90 bits per heavy atom. The average molecular weight is 306 g/mol. The quantitative estimate of drug-likeness (QED) is 0.823. The molecule has 2 aromatic rings. The molecule has 0 N–H and O–H groups in total. The standard InChI is InChI=1S/C17H18ClO3/c1-11(12-5-7-13(18)8-6-12)14-9-16(20-3)17(21-4)10-15(14)19-2/h5-11H,1H2,2-4H3. The molecule has 0 fully saturated rings. The summed E-state index contributed by atoms with van der Waals surface area (Å²) < 4.78 is 16.1. The van der Waals surface area contributed by atoms with Gasteiger partial charge in [0.05, 0.1) is 21.3 Å². The van der Waals surface area contributed by atoms with Gasteiger partial charge in [0.2, 0.25) is 0 Å². The minimum atomic E-state index is -0.1000. The van der Waals surface area contributed by atoms with Crippen molar-refractivity contribution in [2.45, 2.75) is 5.92 Å². The van der Waals surface area contributed by atoms with Gasteiger partial charge in [-0.15, -0.1) is 0 Å². The van der Waals surface area contributed by atoms with Crippen LogP contribution in [0.1, 0.15) is 17.0 Å². The van der Waals surface area contributed by atoms with Crippen LogP contribution in [0.2, 0.25) is 5.02 Å². The molecule has 0 spiro atoms. The molecule has 0 heterocycles. The maximum absolute atomic E-state index is 5.93. The van der Waals surface area contributed by atoms with Crippen LogP contribution >= 0.6 is 11.6 Å². The van der Waals surface area contributed by atoms with E-state index in [9.17, 15) is 0 Å². The van der Waals surface area contributed by atoms with Crippen LogP contribution in [0.3, 0.4) is 0 Å². The average Bonchev–Trinajstić information content (AvgIpc) is 2.53. The third kappa shape index (κ3) is 3.24. The van der Waals surface area contributed by atoms with Gasteiger partial charge in [0.15, 0.2) is 11.5 Å². The first kappa shape index (κ1) is 15.5. The fraction of sp³-hybridized carbons (Fsp3) is 0.235. The predicted molar refractivity (Wildman–Crippen MR) is 84.8 cm³/mol. The van der Waals surface area contributed by atoms with Crippen LogP contribution in [0.4, 0.5) is 0 Å². The first-order chi connectivity index (χ1) is 10.1. The molecular weight excluding hydrogens is 288 g/mol. The molecule has 0 aliphatic rings. The van der Waals surface area contributed by atoms with Crippen molar-refractivity contribution in [1.82, 2.24) is 0 Å². The molecule has 0 saturated heterocycles. The lowest BCUT2D eigenvalue weighted by Crippen LogP contribution is -2.02. The van der Waals surface area contributed by atoms with Gasteiger partial charge in [-0.25, -0.2) is 0 Å². The molecule has 4 heteroatoms. The summed E-state index contributed by atoms with van der Waals surface area (Å²) in [6.45, 7) is 4.23. The SMILES string of the molecule is [CH2]C(c1ccc(Cl)cc1)c1cc(OC)c(OC)cc1OC. The molecule has 1 atom stereocenters. The lowest BCUT2D eigenvalue weighted by atomic mass is 9.92. The van der Waals surface area contributed by atoms with E-state index < -0.39 is 0 Å². The van der Waals surface area contributed by atoms with E-state index >= 15 is 0 Å². The molecule has 0 aliphatic carbocycles. The van der Waals surface area contributed by atoms with Gasteiger partial charge in [-0.1, -0.05) is 23.7 Å². The lowest BCUT2D eigenvalue weighted by Gasteiger charge is -2.19. The summed E-state index contributed by atoms with van der Waals surface area (Å²) in [7, 11) is 4.83. The van der Waals surface area contributed by atoms with Gasteiger partial charge in [0.1, 0.15) is 5.75 Å². The molecule has 0 aromatic heterocycles. The van der Waals surface area contributed by atoms with Crippen molar-refractivity contribution in [2.75, 3.05) is 21.3 Å². The Morgan fingerprint density at radius 2 is 1.38 bits per heavy atom. The maximum Gasteiger partial charge on any atom is 0.164 e. The molecule has 111 valence electrons. The fourth-order valence-corrected chi connectivity index (χ4v) is 2.33. The summed E-state index contributed by atoms with van der Waals surface area (Å²) in [6, 6.07) is 11.3. The molecule has 2 aromatic carbocycles. The highest BCUT2D eigenvalue weighted by Gasteiger charge is 2.18. The van der Waals surface area contributed by atoms with Gasteiger partial charge in [0.25, 0.3) is 0 Å². The molecule has 3 nitrogen and oxygen atoms in total. The Kier molecular flexibility index (Phi) is 4.97. The van der Waals surface area contributed by atoms with Gasteiger partial charge in [-0.3, -0.25) is 0 Å². The van der Waals surface area contributed by atoms with E-state index in [1.165, 1.54) is 0 Å². The third-order valence-corrected chi connectivity index (χ3v) is 3.64. The molecule has 0 aliphatic heterocycles. The van der Waals surface area contributed by atoms with Crippen LogP contribution in [0.15, 0.2) is 36.4 Å². The minimum absolute atomic E-state index is 0.1000. The zero-order chi connectivity index (χ0) is 15.4. The fourth-order valence-electron chi connectivity index (χ4n) is 2.20. The molecule has 2 rings (SSSR count). The number of halogens is 1. The zero-order valence-corrected chi connectivity index (χ0v) is 13.1. The number of hydrogen-bond acceptors (Lipinski definition) is 3. The lowest BCUT2D eigenvalue weighted by molar-refractivity contribution is 0.347. The van der Waals surface area contributed by atoms with Crippen LogP contribution < -0.4 is 14.2 Å². The van der Waals surface area contributed by atoms with Crippen LogP contribution in [0.5, 0.6) is 17.2 Å². The smallest absolute Gasteiger partial charge is 0.164 e. The van der Waals surface area contributed by atoms with E-state index in [0.717, 1.165) is 11.1 Å². The molecule has 0 bridgehead atoms. The van der Waals surface area contributed by atoms with Crippen LogP contribution in [-0.4, -0.2) is 21.3 Å². The van der Waals surface area contributed by atoms with E-state index in [-0.39, 0.29) is 5.92 Å². The Balaban J connectivity index is 2.48. The molecule has 0 saturated carbocycles. The number of methoxy groups -OCH3 is 3. The number of benzene rings is 2. The highest BCUT2D eigenvalue weighted by atomic mass is 35.5. The van der Waals surface area contributed by atoms with E-state index in [0.29, 0.717) is 22.3 Å². The van der Waals surface area contributed by atoms with Gasteiger partial charge < -0.3 is 14.2 Å². The van der Waals surface area contributed by atoms with E-state index in [4.69, 9.17) is 25.8 Å². The van der Waals surface area contributed by atoms with E-state index in [1.807, 2.05) is 36.4 Å². The van der Waals surface area contributed by atoms with Crippen molar-refractivity contribution < 1.29 is 14.2 Å². The van der Waals surface area contributed by atoms with Crippen molar-refractivity contribution in [3.8, 4) is 17.2 Å². The summed E-state index contributed by atoms with van der Waals surface area (Å²) in [5, 5.41) is 0.699. The van der Waals surface area contributed by atoms with Crippen molar-refractivity contribution in [3.05, 3.63) is 59.5 Å². The summed E-state index contributed by atoms with van der Waals surface area (Å²) in [4.78, 5) is 0. The summed E-state index contributed by atoms with van der Waals surface area (Å²) in [5.41, 5.74) is 1.97. The van der Waals surface area contributed by atoms with Crippen LogP contribution in [0.25, 0.3) is 0 Å². The molecular formula is C17H18ClO3. The first-order valence-corrected chi connectivity index (χ1v) is 6.87. The van der Waals surface area contributed by atoms with E-state index in [1.54, 1.807) is 21.3 Å². The van der Waals surface area contributed by atoms with Gasteiger partial charge >= 0.3 is 0 Å². The topological polar surface area (TPSA) is 27.7 Å².